The molecule has 1 fully saturated rings. The van der Waals surface area contributed by atoms with Gasteiger partial charge >= 0.3 is 0 Å². The van der Waals surface area contributed by atoms with Crippen molar-refractivity contribution in [2.75, 3.05) is 0 Å². The lowest BCUT2D eigenvalue weighted by Gasteiger charge is -2.25. The van der Waals surface area contributed by atoms with Crippen LogP contribution in [0.3, 0.4) is 0 Å². The lowest BCUT2D eigenvalue weighted by Crippen LogP contribution is -2.27. The highest BCUT2D eigenvalue weighted by molar-refractivity contribution is 5.98. The monoisotopic (exact) mass is 259 g/mol. The van der Waals surface area contributed by atoms with Gasteiger partial charge in [0.2, 0.25) is 0 Å². The van der Waals surface area contributed by atoms with Crippen molar-refractivity contribution < 1.29 is 9.42 Å². The van der Waals surface area contributed by atoms with E-state index in [1.54, 1.807) is 18.2 Å². The van der Waals surface area contributed by atoms with Gasteiger partial charge in [0.1, 0.15) is 11.0 Å². The highest BCUT2D eigenvalue weighted by Crippen LogP contribution is 2.27. The number of ketones is 1. The largest absolute Gasteiger partial charge is 0.328 e. The minimum Gasteiger partial charge on any atom is -0.328 e. The van der Waals surface area contributed by atoms with Gasteiger partial charge in [-0.3, -0.25) is 4.79 Å². The Bertz CT molecular complexity index is 585. The van der Waals surface area contributed by atoms with E-state index in [9.17, 15) is 4.79 Å². The van der Waals surface area contributed by atoms with Crippen molar-refractivity contribution >= 4 is 16.8 Å². The smallest absolute Gasteiger partial charge is 0.163 e. The van der Waals surface area contributed by atoms with Gasteiger partial charge in [-0.1, -0.05) is 0 Å². The molecule has 5 heteroatoms. The van der Waals surface area contributed by atoms with Crippen LogP contribution in [-0.2, 0) is 0 Å². The number of aromatic nitrogens is 2. The number of nitrogens with zero attached hydrogens (tertiary/aromatic N) is 2. The van der Waals surface area contributed by atoms with Gasteiger partial charge in [0.25, 0.3) is 0 Å². The van der Waals surface area contributed by atoms with Gasteiger partial charge in [0, 0.05) is 18.0 Å². The maximum absolute atomic E-state index is 12.2. The summed E-state index contributed by atoms with van der Waals surface area (Å²) in [5.41, 5.74) is 7.89. The fourth-order valence-corrected chi connectivity index (χ4v) is 2.73. The van der Waals surface area contributed by atoms with Crippen molar-refractivity contribution in [3.05, 3.63) is 23.8 Å². The molecule has 3 rings (SSSR count). The van der Waals surface area contributed by atoms with Gasteiger partial charge in [-0.05, 0) is 60.1 Å². The van der Waals surface area contributed by atoms with Crippen LogP contribution in [0.5, 0.6) is 0 Å². The van der Waals surface area contributed by atoms with E-state index >= 15 is 0 Å². The molecule has 0 saturated heterocycles. The third kappa shape index (κ3) is 2.66. The minimum absolute atomic E-state index is 0.172. The van der Waals surface area contributed by atoms with Crippen LogP contribution in [0, 0.1) is 5.92 Å². The molecule has 0 aliphatic heterocycles. The first kappa shape index (κ1) is 12.3. The predicted molar refractivity (Wildman–Crippen MR) is 70.7 cm³/mol. The quantitative estimate of drug-likeness (QED) is 0.855. The second kappa shape index (κ2) is 5.09. The number of hydrogen-bond acceptors (Lipinski definition) is 5. The number of nitrogens with two attached hydrogens (primary N) is 1. The summed E-state index contributed by atoms with van der Waals surface area (Å²) in [6.45, 7) is 0. The highest BCUT2D eigenvalue weighted by atomic mass is 16.6. The van der Waals surface area contributed by atoms with Crippen LogP contribution >= 0.6 is 0 Å². The van der Waals surface area contributed by atoms with E-state index in [1.165, 1.54) is 0 Å². The second-order valence-electron chi connectivity index (χ2n) is 5.38. The number of hydrogen-bond donors (Lipinski definition) is 1. The first-order chi connectivity index (χ1) is 9.22. The Hall–Kier alpha value is -1.75. The maximum atomic E-state index is 12.2. The third-order valence-corrected chi connectivity index (χ3v) is 3.94. The lowest BCUT2D eigenvalue weighted by molar-refractivity contribution is 0.0948. The van der Waals surface area contributed by atoms with Crippen molar-refractivity contribution in [2.45, 2.75) is 38.1 Å². The average Bonchev–Trinajstić information content (AvgIpc) is 2.88. The molecular weight excluding hydrogens is 242 g/mol. The molecule has 1 saturated carbocycles. The number of carbonyl (C=O) groups excluding carboxylic acids is 1. The molecule has 1 aliphatic rings. The van der Waals surface area contributed by atoms with Crippen molar-refractivity contribution in [1.82, 2.24) is 10.3 Å². The van der Waals surface area contributed by atoms with Crippen LogP contribution in [0.1, 0.15) is 42.5 Å². The molecule has 1 heterocycles. The van der Waals surface area contributed by atoms with Crippen LogP contribution in [0.15, 0.2) is 22.8 Å². The van der Waals surface area contributed by atoms with E-state index in [1.807, 2.05) is 0 Å². The van der Waals surface area contributed by atoms with Crippen LogP contribution in [0.4, 0.5) is 0 Å². The molecule has 100 valence electrons. The molecule has 0 unspecified atom stereocenters. The molecule has 0 amide bonds. The van der Waals surface area contributed by atoms with E-state index < -0.39 is 0 Å². The Balaban J connectivity index is 1.69. The van der Waals surface area contributed by atoms with Crippen molar-refractivity contribution in [3.63, 3.8) is 0 Å². The van der Waals surface area contributed by atoms with E-state index in [-0.39, 0.29) is 5.78 Å². The molecule has 5 nitrogen and oxygen atoms in total. The van der Waals surface area contributed by atoms with Gasteiger partial charge in [-0.15, -0.1) is 0 Å². The van der Waals surface area contributed by atoms with Gasteiger partial charge in [-0.25, -0.2) is 4.63 Å². The van der Waals surface area contributed by atoms with E-state index in [2.05, 4.69) is 14.9 Å². The number of Topliss-reactive ketones (excluding diaryl/α,β-unsaturated/α-hetero) is 1. The molecule has 1 aromatic carbocycles. The predicted octanol–water partition coefficient (Wildman–Crippen LogP) is 2.31. The maximum Gasteiger partial charge on any atom is 0.163 e. The van der Waals surface area contributed by atoms with Crippen LogP contribution in [0.2, 0.25) is 0 Å². The Morgan fingerprint density at radius 1 is 1.21 bits per heavy atom. The molecule has 0 atom stereocenters. The zero-order valence-corrected chi connectivity index (χ0v) is 10.7. The number of benzene rings is 1. The summed E-state index contributed by atoms with van der Waals surface area (Å²) in [5.74, 6) is 0.642. The highest BCUT2D eigenvalue weighted by Gasteiger charge is 2.21. The molecular formula is C14H17N3O2. The average molecular weight is 259 g/mol. The number of fused-ring (bicyclic) bond motifs is 1. The van der Waals surface area contributed by atoms with Crippen molar-refractivity contribution in [2.24, 2.45) is 11.7 Å². The second-order valence-corrected chi connectivity index (χ2v) is 5.38. The molecule has 0 bridgehead atoms. The number of rotatable bonds is 3. The first-order valence-electron chi connectivity index (χ1n) is 6.73. The van der Waals surface area contributed by atoms with Gasteiger partial charge < -0.3 is 5.73 Å². The van der Waals surface area contributed by atoms with E-state index in [4.69, 9.17) is 5.73 Å². The summed E-state index contributed by atoms with van der Waals surface area (Å²) < 4.78 is 4.64. The zero-order valence-electron chi connectivity index (χ0n) is 10.7. The lowest BCUT2D eigenvalue weighted by atomic mass is 9.82. The molecule has 0 radical (unpaired) electrons. The van der Waals surface area contributed by atoms with Gasteiger partial charge in [0.05, 0.1) is 0 Å². The summed E-state index contributed by atoms with van der Waals surface area (Å²) >= 11 is 0. The molecule has 1 aliphatic carbocycles. The zero-order chi connectivity index (χ0) is 13.2. The number of carbonyl (C=O) groups is 1. The van der Waals surface area contributed by atoms with E-state index in [0.29, 0.717) is 35.0 Å². The summed E-state index contributed by atoms with van der Waals surface area (Å²) in [7, 11) is 0. The Morgan fingerprint density at radius 2 is 1.95 bits per heavy atom. The van der Waals surface area contributed by atoms with Crippen molar-refractivity contribution in [3.8, 4) is 0 Å². The summed E-state index contributed by atoms with van der Waals surface area (Å²) in [4.78, 5) is 12.2. The molecule has 1 aromatic heterocycles. The summed E-state index contributed by atoms with van der Waals surface area (Å²) in [6.07, 6.45) is 4.78. The topological polar surface area (TPSA) is 82.0 Å². The van der Waals surface area contributed by atoms with Crippen molar-refractivity contribution in [1.29, 1.82) is 0 Å². The van der Waals surface area contributed by atoms with Crippen LogP contribution in [0.25, 0.3) is 11.0 Å². The fourth-order valence-electron chi connectivity index (χ4n) is 2.73. The minimum atomic E-state index is 0.172. The summed E-state index contributed by atoms with van der Waals surface area (Å²) in [6, 6.07) is 5.64. The van der Waals surface area contributed by atoms with E-state index in [0.717, 1.165) is 25.7 Å². The summed E-state index contributed by atoms with van der Waals surface area (Å²) in [5, 5.41) is 7.50. The molecule has 19 heavy (non-hydrogen) atoms. The third-order valence-electron chi connectivity index (χ3n) is 3.94. The van der Waals surface area contributed by atoms with Gasteiger partial charge in [-0.2, -0.15) is 0 Å². The fraction of sp³-hybridized carbons (Fsp3) is 0.500. The SMILES string of the molecule is NC1CCC(CC(=O)c2ccc3nonc3c2)CC1. The normalized spacial score (nSPS) is 23.6. The standard InChI is InChI=1S/C14H17N3O2/c15-11-4-1-9(2-5-11)7-14(18)10-3-6-12-13(8-10)17-19-16-12/h3,6,8-9,11H,1-2,4-5,7,15H2. The molecule has 0 spiro atoms. The van der Waals surface area contributed by atoms with Gasteiger partial charge in [0.15, 0.2) is 5.78 Å². The first-order valence-corrected chi connectivity index (χ1v) is 6.73. The van der Waals surface area contributed by atoms with Crippen LogP contribution < -0.4 is 5.73 Å². The molecule has 2 aromatic rings. The Morgan fingerprint density at radius 3 is 2.74 bits per heavy atom. The Labute approximate surface area is 111 Å². The molecule has 2 N–H and O–H groups in total. The van der Waals surface area contributed by atoms with Crippen LogP contribution in [-0.4, -0.2) is 22.1 Å². The Kier molecular flexibility index (Phi) is 3.29.